The molecule has 19 heavy (non-hydrogen) atoms. The monoisotopic (exact) mass is 260 g/mol. The van der Waals surface area contributed by atoms with Gasteiger partial charge in [-0.3, -0.25) is 4.79 Å². The van der Waals surface area contributed by atoms with E-state index in [1.165, 1.54) is 44.9 Å². The van der Waals surface area contributed by atoms with Crippen LogP contribution in [0.3, 0.4) is 0 Å². The molecule has 1 heteroatoms. The van der Waals surface area contributed by atoms with Crippen molar-refractivity contribution in [3.05, 3.63) is 0 Å². The van der Waals surface area contributed by atoms with E-state index in [0.717, 1.165) is 36.5 Å². The number of ketones is 1. The van der Waals surface area contributed by atoms with E-state index in [0.29, 0.717) is 16.6 Å². The zero-order valence-electron chi connectivity index (χ0n) is 12.6. The molecule has 4 aliphatic rings. The molecule has 0 aliphatic heterocycles. The zero-order valence-corrected chi connectivity index (χ0v) is 12.6. The average Bonchev–Trinajstić information content (AvgIpc) is 2.87. The highest BCUT2D eigenvalue weighted by Crippen LogP contribution is 2.66. The number of fused-ring (bicyclic) bond motifs is 5. The van der Waals surface area contributed by atoms with Gasteiger partial charge in [0.1, 0.15) is 5.78 Å². The van der Waals surface area contributed by atoms with Crippen LogP contribution in [-0.2, 0) is 4.79 Å². The van der Waals surface area contributed by atoms with Crippen molar-refractivity contribution in [2.24, 2.45) is 34.5 Å². The molecule has 0 amide bonds. The van der Waals surface area contributed by atoms with E-state index in [-0.39, 0.29) is 0 Å². The van der Waals surface area contributed by atoms with Gasteiger partial charge in [0.15, 0.2) is 0 Å². The van der Waals surface area contributed by atoms with Gasteiger partial charge in [0.05, 0.1) is 0 Å². The van der Waals surface area contributed by atoms with E-state index in [9.17, 15) is 4.79 Å². The molecular weight excluding hydrogens is 232 g/mol. The maximum atomic E-state index is 12.0. The molecule has 6 atom stereocenters. The molecule has 0 aromatic heterocycles. The van der Waals surface area contributed by atoms with Crippen molar-refractivity contribution in [1.82, 2.24) is 0 Å². The first kappa shape index (κ1) is 12.4. The Labute approximate surface area is 117 Å². The SMILES string of the molecule is CC12CCCC1C1CC[C@H]3CC(=O)CC3(C)C1CC2. The summed E-state index contributed by atoms with van der Waals surface area (Å²) in [6, 6.07) is 0. The van der Waals surface area contributed by atoms with Crippen LogP contribution >= 0.6 is 0 Å². The summed E-state index contributed by atoms with van der Waals surface area (Å²) < 4.78 is 0. The van der Waals surface area contributed by atoms with Gasteiger partial charge >= 0.3 is 0 Å². The molecule has 0 aromatic carbocycles. The normalized spacial score (nSPS) is 56.6. The van der Waals surface area contributed by atoms with Crippen LogP contribution in [0.15, 0.2) is 0 Å². The molecule has 0 bridgehead atoms. The van der Waals surface area contributed by atoms with E-state index in [1.54, 1.807) is 0 Å². The second-order valence-corrected chi connectivity index (χ2v) is 8.66. The average molecular weight is 260 g/mol. The van der Waals surface area contributed by atoms with Gasteiger partial charge in [0.25, 0.3) is 0 Å². The van der Waals surface area contributed by atoms with Gasteiger partial charge in [-0.15, -0.1) is 0 Å². The van der Waals surface area contributed by atoms with E-state index >= 15 is 0 Å². The van der Waals surface area contributed by atoms with Gasteiger partial charge in [-0.1, -0.05) is 20.3 Å². The van der Waals surface area contributed by atoms with Crippen LogP contribution in [0.2, 0.25) is 0 Å². The van der Waals surface area contributed by atoms with Crippen LogP contribution in [-0.4, -0.2) is 5.78 Å². The van der Waals surface area contributed by atoms with Gasteiger partial charge < -0.3 is 0 Å². The van der Waals surface area contributed by atoms with Crippen molar-refractivity contribution in [2.45, 2.75) is 71.6 Å². The van der Waals surface area contributed by atoms with Crippen LogP contribution < -0.4 is 0 Å². The Balaban J connectivity index is 1.67. The van der Waals surface area contributed by atoms with Crippen LogP contribution in [0.1, 0.15) is 71.6 Å². The maximum absolute atomic E-state index is 12.0. The summed E-state index contributed by atoms with van der Waals surface area (Å²) in [4.78, 5) is 12.0. The molecular formula is C18H28O. The minimum Gasteiger partial charge on any atom is -0.300 e. The highest BCUT2D eigenvalue weighted by molar-refractivity contribution is 5.82. The number of rotatable bonds is 0. The van der Waals surface area contributed by atoms with E-state index < -0.39 is 0 Å². The Morgan fingerprint density at radius 3 is 2.68 bits per heavy atom. The standard InChI is InChI=1S/C18H28O/c1-17-8-3-4-15(17)14-6-5-12-10-13(19)11-18(12,2)16(14)7-9-17/h12,14-16H,3-11H2,1-2H3/t12-,14?,15?,16?,17?,18?/m0/s1. The maximum Gasteiger partial charge on any atom is 0.133 e. The lowest BCUT2D eigenvalue weighted by atomic mass is 9.48. The van der Waals surface area contributed by atoms with E-state index in [1.807, 2.05) is 0 Å². The van der Waals surface area contributed by atoms with Crippen molar-refractivity contribution in [2.75, 3.05) is 0 Å². The minimum atomic E-state index is 0.379. The van der Waals surface area contributed by atoms with Gasteiger partial charge in [-0.2, -0.15) is 0 Å². The number of hydrogen-bond acceptors (Lipinski definition) is 1. The molecule has 4 rings (SSSR count). The predicted octanol–water partition coefficient (Wildman–Crippen LogP) is 4.60. The second kappa shape index (κ2) is 3.86. The minimum absolute atomic E-state index is 0.379. The van der Waals surface area contributed by atoms with Crippen LogP contribution in [0.25, 0.3) is 0 Å². The first-order valence-corrected chi connectivity index (χ1v) is 8.55. The summed E-state index contributed by atoms with van der Waals surface area (Å²) in [5.74, 6) is 4.10. The fraction of sp³-hybridized carbons (Fsp3) is 0.944. The molecule has 4 fully saturated rings. The third kappa shape index (κ3) is 1.56. The highest BCUT2D eigenvalue weighted by atomic mass is 16.1. The number of Topliss-reactive ketones (excluding diaryl/α,β-unsaturated/α-hetero) is 1. The summed E-state index contributed by atoms with van der Waals surface area (Å²) in [6.07, 6.45) is 11.8. The second-order valence-electron chi connectivity index (χ2n) is 8.66. The number of carbonyl (C=O) groups excluding carboxylic acids is 1. The molecule has 1 nitrogen and oxygen atoms in total. The molecule has 0 spiro atoms. The summed E-state index contributed by atoms with van der Waals surface area (Å²) in [7, 11) is 0. The van der Waals surface area contributed by atoms with Gasteiger partial charge in [-0.05, 0) is 73.0 Å². The van der Waals surface area contributed by atoms with Crippen LogP contribution in [0.5, 0.6) is 0 Å². The lowest BCUT2D eigenvalue weighted by Crippen LogP contribution is -2.49. The molecule has 0 saturated heterocycles. The summed E-state index contributed by atoms with van der Waals surface area (Å²) in [5, 5.41) is 0. The van der Waals surface area contributed by atoms with Crippen molar-refractivity contribution in [1.29, 1.82) is 0 Å². The lowest BCUT2D eigenvalue weighted by molar-refractivity contribution is -0.118. The highest BCUT2D eigenvalue weighted by Gasteiger charge is 2.59. The smallest absolute Gasteiger partial charge is 0.133 e. The largest absolute Gasteiger partial charge is 0.300 e. The number of hydrogen-bond donors (Lipinski definition) is 0. The Morgan fingerprint density at radius 1 is 1.00 bits per heavy atom. The van der Waals surface area contributed by atoms with Crippen molar-refractivity contribution < 1.29 is 4.79 Å². The Hall–Kier alpha value is -0.330. The first-order valence-electron chi connectivity index (χ1n) is 8.55. The third-order valence-electron chi connectivity index (χ3n) is 7.90. The molecule has 0 radical (unpaired) electrons. The zero-order chi connectivity index (χ0) is 13.3. The quantitative estimate of drug-likeness (QED) is 0.622. The topological polar surface area (TPSA) is 17.1 Å². The molecule has 0 N–H and O–H groups in total. The Bertz CT molecular complexity index is 414. The van der Waals surface area contributed by atoms with Crippen molar-refractivity contribution in [3.63, 3.8) is 0 Å². The van der Waals surface area contributed by atoms with Crippen LogP contribution in [0.4, 0.5) is 0 Å². The molecule has 4 saturated carbocycles. The third-order valence-corrected chi connectivity index (χ3v) is 7.90. The van der Waals surface area contributed by atoms with Gasteiger partial charge in [0.2, 0.25) is 0 Å². The van der Waals surface area contributed by atoms with Crippen molar-refractivity contribution >= 4 is 5.78 Å². The Kier molecular flexibility index (Phi) is 2.52. The molecule has 0 heterocycles. The molecule has 106 valence electrons. The predicted molar refractivity (Wildman–Crippen MR) is 76.7 cm³/mol. The molecule has 0 aromatic rings. The molecule has 4 aliphatic carbocycles. The summed E-state index contributed by atoms with van der Waals surface area (Å²) in [6.45, 7) is 5.03. The summed E-state index contributed by atoms with van der Waals surface area (Å²) >= 11 is 0. The lowest BCUT2D eigenvalue weighted by Gasteiger charge is -2.56. The summed E-state index contributed by atoms with van der Waals surface area (Å²) in [5.41, 5.74) is 1.04. The fourth-order valence-electron chi connectivity index (χ4n) is 6.91. The Morgan fingerprint density at radius 2 is 1.84 bits per heavy atom. The van der Waals surface area contributed by atoms with Gasteiger partial charge in [-0.25, -0.2) is 0 Å². The molecule has 5 unspecified atom stereocenters. The van der Waals surface area contributed by atoms with E-state index in [4.69, 9.17) is 0 Å². The van der Waals surface area contributed by atoms with E-state index in [2.05, 4.69) is 13.8 Å². The number of carbonyl (C=O) groups is 1. The first-order chi connectivity index (χ1) is 9.03. The van der Waals surface area contributed by atoms with Crippen LogP contribution in [0, 0.1) is 34.5 Å². The van der Waals surface area contributed by atoms with Gasteiger partial charge in [0, 0.05) is 12.8 Å². The van der Waals surface area contributed by atoms with Crippen molar-refractivity contribution in [3.8, 4) is 0 Å². The fourth-order valence-corrected chi connectivity index (χ4v) is 6.91.